The van der Waals surface area contributed by atoms with Gasteiger partial charge in [0.1, 0.15) is 0 Å². The van der Waals surface area contributed by atoms with Crippen molar-refractivity contribution in [1.82, 2.24) is 5.32 Å². The molecule has 0 bridgehead atoms. The SMILES string of the molecule is CCCC(C)(O)CNC1CCCC(C(C)(C)C)CC1. The van der Waals surface area contributed by atoms with Crippen LogP contribution in [0.15, 0.2) is 0 Å². The van der Waals surface area contributed by atoms with Gasteiger partial charge in [0.25, 0.3) is 0 Å². The van der Waals surface area contributed by atoms with E-state index >= 15 is 0 Å². The summed E-state index contributed by atoms with van der Waals surface area (Å²) in [7, 11) is 0. The molecule has 1 rings (SSSR count). The van der Waals surface area contributed by atoms with Gasteiger partial charge in [-0.3, -0.25) is 0 Å². The maximum absolute atomic E-state index is 10.2. The van der Waals surface area contributed by atoms with Crippen molar-refractivity contribution < 1.29 is 5.11 Å². The topological polar surface area (TPSA) is 32.3 Å². The summed E-state index contributed by atoms with van der Waals surface area (Å²) in [4.78, 5) is 0. The number of nitrogens with one attached hydrogen (secondary N) is 1. The summed E-state index contributed by atoms with van der Waals surface area (Å²) in [6.45, 7) is 11.9. The van der Waals surface area contributed by atoms with Gasteiger partial charge >= 0.3 is 0 Å². The molecule has 0 radical (unpaired) electrons. The summed E-state index contributed by atoms with van der Waals surface area (Å²) in [6.07, 6.45) is 8.50. The van der Waals surface area contributed by atoms with Crippen LogP contribution in [0.25, 0.3) is 0 Å². The van der Waals surface area contributed by atoms with Crippen LogP contribution in [0.2, 0.25) is 0 Å². The van der Waals surface area contributed by atoms with E-state index in [1.165, 1.54) is 32.1 Å². The number of hydrogen-bond donors (Lipinski definition) is 2. The average Bonchev–Trinajstić information content (AvgIpc) is 2.51. The standard InChI is InChI=1S/C17H35NO/c1-6-12-17(5,19)13-18-15-9-7-8-14(10-11-15)16(2,3)4/h14-15,18-19H,6-13H2,1-5H3. The Bertz CT molecular complexity index is 254. The molecule has 0 saturated heterocycles. The number of aliphatic hydroxyl groups is 1. The second-order valence-electron chi connectivity index (χ2n) is 7.90. The molecule has 2 N–H and O–H groups in total. The largest absolute Gasteiger partial charge is 0.389 e. The molecule has 1 aliphatic rings. The summed E-state index contributed by atoms with van der Waals surface area (Å²) in [5, 5.41) is 13.8. The Morgan fingerprint density at radius 1 is 1.05 bits per heavy atom. The molecule has 1 aliphatic carbocycles. The third kappa shape index (κ3) is 6.27. The molecule has 1 fully saturated rings. The van der Waals surface area contributed by atoms with Crippen molar-refractivity contribution >= 4 is 0 Å². The van der Waals surface area contributed by atoms with Gasteiger partial charge in [0.2, 0.25) is 0 Å². The zero-order valence-corrected chi connectivity index (χ0v) is 13.8. The molecular formula is C17H35NO. The van der Waals surface area contributed by atoms with Crippen molar-refractivity contribution in [2.45, 2.75) is 91.2 Å². The average molecular weight is 269 g/mol. The normalized spacial score (nSPS) is 28.7. The van der Waals surface area contributed by atoms with Crippen molar-refractivity contribution in [3.05, 3.63) is 0 Å². The molecule has 0 aromatic heterocycles. The first-order valence-corrected chi connectivity index (χ1v) is 8.20. The van der Waals surface area contributed by atoms with Crippen molar-refractivity contribution in [2.24, 2.45) is 11.3 Å². The van der Waals surface area contributed by atoms with Crippen LogP contribution in [0.5, 0.6) is 0 Å². The lowest BCUT2D eigenvalue weighted by atomic mass is 9.76. The quantitative estimate of drug-likeness (QED) is 0.736. The Morgan fingerprint density at radius 2 is 1.74 bits per heavy atom. The lowest BCUT2D eigenvalue weighted by Gasteiger charge is -2.30. The van der Waals surface area contributed by atoms with Crippen molar-refractivity contribution in [2.75, 3.05) is 6.54 Å². The van der Waals surface area contributed by atoms with E-state index in [0.717, 1.165) is 25.3 Å². The van der Waals surface area contributed by atoms with Crippen LogP contribution >= 0.6 is 0 Å². The van der Waals surface area contributed by atoms with Gasteiger partial charge in [0.05, 0.1) is 5.60 Å². The van der Waals surface area contributed by atoms with Crippen LogP contribution in [0.1, 0.15) is 79.6 Å². The third-order valence-electron chi connectivity index (χ3n) is 4.75. The summed E-state index contributed by atoms with van der Waals surface area (Å²) in [5.41, 5.74) is -0.0902. The minimum absolute atomic E-state index is 0.447. The van der Waals surface area contributed by atoms with Crippen LogP contribution in [0.3, 0.4) is 0 Å². The minimum Gasteiger partial charge on any atom is -0.389 e. The maximum atomic E-state index is 10.2. The maximum Gasteiger partial charge on any atom is 0.0743 e. The van der Waals surface area contributed by atoms with E-state index in [9.17, 15) is 5.11 Å². The van der Waals surface area contributed by atoms with E-state index < -0.39 is 5.60 Å². The van der Waals surface area contributed by atoms with Crippen LogP contribution in [0, 0.1) is 11.3 Å². The predicted molar refractivity (Wildman–Crippen MR) is 83.4 cm³/mol. The molecule has 3 atom stereocenters. The van der Waals surface area contributed by atoms with Crippen LogP contribution in [0.4, 0.5) is 0 Å². The fourth-order valence-electron chi connectivity index (χ4n) is 3.36. The molecule has 3 unspecified atom stereocenters. The first-order valence-electron chi connectivity index (χ1n) is 8.20. The smallest absolute Gasteiger partial charge is 0.0743 e. The molecule has 0 amide bonds. The Morgan fingerprint density at radius 3 is 2.32 bits per heavy atom. The van der Waals surface area contributed by atoms with E-state index in [-0.39, 0.29) is 0 Å². The molecule has 0 aromatic carbocycles. The van der Waals surface area contributed by atoms with Gasteiger partial charge in [0, 0.05) is 12.6 Å². The molecule has 2 nitrogen and oxygen atoms in total. The van der Waals surface area contributed by atoms with Gasteiger partial charge in [-0.25, -0.2) is 0 Å². The van der Waals surface area contributed by atoms with E-state index in [4.69, 9.17) is 0 Å². The summed E-state index contributed by atoms with van der Waals surface area (Å²) >= 11 is 0. The first kappa shape index (κ1) is 17.0. The Balaban J connectivity index is 2.37. The van der Waals surface area contributed by atoms with Gasteiger partial charge in [-0.15, -0.1) is 0 Å². The van der Waals surface area contributed by atoms with Crippen molar-refractivity contribution in [3.63, 3.8) is 0 Å². The van der Waals surface area contributed by atoms with Gasteiger partial charge in [0.15, 0.2) is 0 Å². The molecule has 0 aliphatic heterocycles. The fraction of sp³-hybridized carbons (Fsp3) is 1.00. The molecular weight excluding hydrogens is 234 g/mol. The Labute approximate surface area is 120 Å². The highest BCUT2D eigenvalue weighted by Gasteiger charge is 2.28. The lowest BCUT2D eigenvalue weighted by molar-refractivity contribution is 0.0465. The molecule has 0 aromatic rings. The highest BCUT2D eigenvalue weighted by molar-refractivity contribution is 4.83. The first-order chi connectivity index (χ1) is 8.74. The zero-order chi connectivity index (χ0) is 14.5. The predicted octanol–water partition coefficient (Wildman–Crippen LogP) is 4.12. The second kappa shape index (κ2) is 7.08. The van der Waals surface area contributed by atoms with Gasteiger partial charge in [-0.1, -0.05) is 40.5 Å². The molecule has 114 valence electrons. The van der Waals surface area contributed by atoms with Gasteiger partial charge in [-0.2, -0.15) is 0 Å². The van der Waals surface area contributed by atoms with E-state index in [0.29, 0.717) is 11.5 Å². The van der Waals surface area contributed by atoms with Crippen LogP contribution in [-0.4, -0.2) is 23.3 Å². The van der Waals surface area contributed by atoms with Crippen molar-refractivity contribution in [1.29, 1.82) is 0 Å². The van der Waals surface area contributed by atoms with E-state index in [1.54, 1.807) is 0 Å². The minimum atomic E-state index is -0.537. The lowest BCUT2D eigenvalue weighted by Crippen LogP contribution is -2.42. The van der Waals surface area contributed by atoms with E-state index in [1.807, 2.05) is 6.92 Å². The number of rotatable bonds is 5. The highest BCUT2D eigenvalue weighted by atomic mass is 16.3. The van der Waals surface area contributed by atoms with Gasteiger partial charge in [-0.05, 0) is 50.4 Å². The third-order valence-corrected chi connectivity index (χ3v) is 4.75. The van der Waals surface area contributed by atoms with Crippen molar-refractivity contribution in [3.8, 4) is 0 Å². The molecule has 1 saturated carbocycles. The molecule has 0 spiro atoms. The summed E-state index contributed by atoms with van der Waals surface area (Å²) in [6, 6.07) is 0.607. The summed E-state index contributed by atoms with van der Waals surface area (Å²) in [5.74, 6) is 0.857. The number of hydrogen-bond acceptors (Lipinski definition) is 2. The highest BCUT2D eigenvalue weighted by Crippen LogP contribution is 2.36. The molecule has 0 heterocycles. The molecule has 19 heavy (non-hydrogen) atoms. The second-order valence-corrected chi connectivity index (χ2v) is 7.90. The zero-order valence-electron chi connectivity index (χ0n) is 13.8. The van der Waals surface area contributed by atoms with Crippen LogP contribution in [-0.2, 0) is 0 Å². The monoisotopic (exact) mass is 269 g/mol. The summed E-state index contributed by atoms with van der Waals surface area (Å²) < 4.78 is 0. The van der Waals surface area contributed by atoms with Gasteiger partial charge < -0.3 is 10.4 Å². The van der Waals surface area contributed by atoms with Crippen LogP contribution < -0.4 is 5.32 Å². The molecule has 2 heteroatoms. The Hall–Kier alpha value is -0.0800. The fourth-order valence-corrected chi connectivity index (χ4v) is 3.36. The van der Waals surface area contributed by atoms with E-state index in [2.05, 4.69) is 33.0 Å². The Kier molecular flexibility index (Phi) is 6.32.